The highest BCUT2D eigenvalue weighted by Gasteiger charge is 2.40. The van der Waals surface area contributed by atoms with E-state index in [1.165, 1.54) is 0 Å². The Bertz CT molecular complexity index is 1610. The Morgan fingerprint density at radius 2 is 1.81 bits per heavy atom. The third kappa shape index (κ3) is 6.31. The van der Waals surface area contributed by atoms with Gasteiger partial charge in [0.15, 0.2) is 11.5 Å². The van der Waals surface area contributed by atoms with E-state index >= 15 is 0 Å². The van der Waals surface area contributed by atoms with Crippen LogP contribution < -0.4 is 15.4 Å². The maximum Gasteiger partial charge on any atom is 0.256 e. The van der Waals surface area contributed by atoms with Gasteiger partial charge in [-0.05, 0) is 94.7 Å². The molecule has 1 atom stereocenters. The van der Waals surface area contributed by atoms with E-state index in [1.54, 1.807) is 42.7 Å². The molecule has 43 heavy (non-hydrogen) atoms. The van der Waals surface area contributed by atoms with Crippen LogP contribution in [0.4, 0.5) is 11.6 Å². The summed E-state index contributed by atoms with van der Waals surface area (Å²) in [4.78, 5) is 39.2. The Morgan fingerprint density at radius 1 is 1.05 bits per heavy atom. The number of fused-ring (bicyclic) bond motifs is 1. The van der Waals surface area contributed by atoms with Gasteiger partial charge in [0, 0.05) is 48.6 Å². The van der Waals surface area contributed by atoms with Gasteiger partial charge < -0.3 is 25.2 Å². The van der Waals surface area contributed by atoms with Gasteiger partial charge in [0.2, 0.25) is 5.91 Å². The summed E-state index contributed by atoms with van der Waals surface area (Å²) in [7, 11) is 2.12. The molecule has 3 N–H and O–H groups in total. The van der Waals surface area contributed by atoms with E-state index in [0.717, 1.165) is 56.3 Å². The first kappa shape index (κ1) is 28.6. The minimum Gasteiger partial charge on any atom is -0.456 e. The van der Waals surface area contributed by atoms with Crippen molar-refractivity contribution < 1.29 is 14.3 Å². The zero-order valence-corrected chi connectivity index (χ0v) is 24.9. The molecule has 0 saturated carbocycles. The van der Waals surface area contributed by atoms with Gasteiger partial charge in [0.1, 0.15) is 22.7 Å². The first-order chi connectivity index (χ1) is 20.8. The maximum atomic E-state index is 13.6. The van der Waals surface area contributed by atoms with Crippen LogP contribution in [-0.2, 0) is 4.79 Å². The van der Waals surface area contributed by atoms with Crippen LogP contribution in [0.5, 0.6) is 11.5 Å². The van der Waals surface area contributed by atoms with Crippen molar-refractivity contribution in [2.24, 2.45) is 5.41 Å². The first-order valence-corrected chi connectivity index (χ1v) is 14.9. The van der Waals surface area contributed by atoms with Crippen LogP contribution >= 0.6 is 0 Å². The van der Waals surface area contributed by atoms with E-state index < -0.39 is 0 Å². The zero-order valence-electron chi connectivity index (χ0n) is 24.9. The number of hydrogen-bond acceptors (Lipinski definition) is 8. The number of rotatable bonds is 7. The molecule has 0 aliphatic carbocycles. The van der Waals surface area contributed by atoms with Crippen molar-refractivity contribution in [1.82, 2.24) is 30.0 Å². The molecule has 11 heteroatoms. The van der Waals surface area contributed by atoms with E-state index in [9.17, 15) is 9.59 Å². The minimum absolute atomic E-state index is 0.0628. The van der Waals surface area contributed by atoms with E-state index in [1.807, 2.05) is 24.0 Å². The lowest BCUT2D eigenvalue weighted by atomic mass is 9.78. The third-order valence-electron chi connectivity index (χ3n) is 8.58. The van der Waals surface area contributed by atoms with Crippen LogP contribution in [0, 0.1) is 12.3 Å². The highest BCUT2D eigenvalue weighted by Crippen LogP contribution is 2.36. The third-order valence-corrected chi connectivity index (χ3v) is 8.58. The molecule has 11 nitrogen and oxygen atoms in total. The molecule has 0 radical (unpaired) electrons. The molecular formula is C32H38N8O3. The fraction of sp³-hybridized carbons (Fsp3) is 0.406. The van der Waals surface area contributed by atoms with Crippen LogP contribution in [-0.4, -0.2) is 81.0 Å². The smallest absolute Gasteiger partial charge is 0.256 e. The number of likely N-dealkylation sites (tertiary alicyclic amines) is 2. The zero-order chi connectivity index (χ0) is 30.0. The van der Waals surface area contributed by atoms with E-state index in [4.69, 9.17) is 4.74 Å². The molecule has 224 valence electrons. The van der Waals surface area contributed by atoms with Crippen LogP contribution in [0.2, 0.25) is 0 Å². The number of carbonyl (C=O) groups excluding carboxylic acids is 2. The number of carbonyl (C=O) groups is 2. The van der Waals surface area contributed by atoms with Crippen molar-refractivity contribution in [1.29, 1.82) is 0 Å². The van der Waals surface area contributed by atoms with E-state index in [2.05, 4.69) is 49.7 Å². The molecule has 4 aromatic rings. The first-order valence-electron chi connectivity index (χ1n) is 14.9. The average Bonchev–Trinajstić information content (AvgIpc) is 3.42. The van der Waals surface area contributed by atoms with Gasteiger partial charge in [0.05, 0.1) is 0 Å². The van der Waals surface area contributed by atoms with Crippen molar-refractivity contribution >= 4 is 34.5 Å². The lowest BCUT2D eigenvalue weighted by molar-refractivity contribution is -0.145. The molecule has 2 aliphatic heterocycles. The number of hydrogen-bond donors (Lipinski definition) is 3. The topological polar surface area (TPSA) is 128 Å². The van der Waals surface area contributed by atoms with Crippen molar-refractivity contribution in [3.8, 4) is 11.5 Å². The standard InChI is InChI=1S/C32H38N8O3/c1-21-10-14-33-26(19-21)36-30(41)22-6-8-24(9-7-22)43-25-11-15-34-28-27(25)29(38-37-28)35-23-5-4-16-40(20-23)31(42)32(2)12-17-39(3)18-13-32/h6-11,14-15,19,23H,4-5,12-13,16-18,20H2,1-3H3,(H,33,36,41)(H2,34,35,37,38). The summed E-state index contributed by atoms with van der Waals surface area (Å²) < 4.78 is 6.26. The molecule has 6 rings (SSSR count). The molecule has 1 aromatic carbocycles. The van der Waals surface area contributed by atoms with Crippen LogP contribution in [0.15, 0.2) is 54.9 Å². The molecular weight excluding hydrogens is 544 g/mol. The van der Waals surface area contributed by atoms with Crippen molar-refractivity contribution in [3.05, 3.63) is 66.0 Å². The molecule has 2 amide bonds. The molecule has 2 saturated heterocycles. The largest absolute Gasteiger partial charge is 0.456 e. The van der Waals surface area contributed by atoms with Crippen LogP contribution in [0.1, 0.15) is 48.5 Å². The molecule has 2 fully saturated rings. The monoisotopic (exact) mass is 582 g/mol. The Labute approximate surface area is 251 Å². The predicted molar refractivity (Wildman–Crippen MR) is 165 cm³/mol. The lowest BCUT2D eigenvalue weighted by Crippen LogP contribution is -2.52. The van der Waals surface area contributed by atoms with Crippen LogP contribution in [0.25, 0.3) is 11.0 Å². The Balaban J connectivity index is 1.14. The minimum atomic E-state index is -0.300. The second-order valence-corrected chi connectivity index (χ2v) is 12.0. The number of amides is 2. The second kappa shape index (κ2) is 12.0. The normalized spacial score (nSPS) is 18.8. The lowest BCUT2D eigenvalue weighted by Gasteiger charge is -2.42. The Kier molecular flexibility index (Phi) is 7.98. The van der Waals surface area contributed by atoms with Crippen molar-refractivity contribution in [2.45, 2.75) is 45.6 Å². The van der Waals surface area contributed by atoms with Crippen molar-refractivity contribution in [3.63, 3.8) is 0 Å². The number of H-pyrrole nitrogens is 1. The molecule has 0 spiro atoms. The molecule has 5 heterocycles. The average molecular weight is 583 g/mol. The number of aromatic nitrogens is 4. The van der Waals surface area contributed by atoms with Gasteiger partial charge in [-0.15, -0.1) is 0 Å². The summed E-state index contributed by atoms with van der Waals surface area (Å²) >= 11 is 0. The maximum absolute atomic E-state index is 13.6. The summed E-state index contributed by atoms with van der Waals surface area (Å²) in [5.74, 6) is 2.32. The fourth-order valence-corrected chi connectivity index (χ4v) is 5.89. The number of aromatic amines is 1. The van der Waals surface area contributed by atoms with E-state index in [0.29, 0.717) is 40.9 Å². The number of anilines is 2. The van der Waals surface area contributed by atoms with Gasteiger partial charge in [-0.25, -0.2) is 9.97 Å². The summed E-state index contributed by atoms with van der Waals surface area (Å²) in [6, 6.07) is 12.5. The Morgan fingerprint density at radius 3 is 2.58 bits per heavy atom. The molecule has 2 aliphatic rings. The summed E-state index contributed by atoms with van der Waals surface area (Å²) in [6.07, 6.45) is 6.99. The van der Waals surface area contributed by atoms with Gasteiger partial charge in [-0.2, -0.15) is 5.10 Å². The number of aryl methyl sites for hydroxylation is 1. The predicted octanol–water partition coefficient (Wildman–Crippen LogP) is 4.84. The quantitative estimate of drug-likeness (QED) is 0.282. The molecule has 3 aromatic heterocycles. The van der Waals surface area contributed by atoms with Crippen LogP contribution in [0.3, 0.4) is 0 Å². The number of nitrogens with zero attached hydrogens (tertiary/aromatic N) is 5. The summed E-state index contributed by atoms with van der Waals surface area (Å²) in [5.41, 5.74) is 1.81. The summed E-state index contributed by atoms with van der Waals surface area (Å²) in [5, 5.41) is 14.6. The van der Waals surface area contributed by atoms with Gasteiger partial charge in [-0.3, -0.25) is 14.7 Å². The molecule has 1 unspecified atom stereocenters. The highest BCUT2D eigenvalue weighted by atomic mass is 16.5. The number of pyridine rings is 2. The van der Waals surface area contributed by atoms with Gasteiger partial charge in [0.25, 0.3) is 5.91 Å². The SMILES string of the molecule is Cc1ccnc(NC(=O)c2ccc(Oc3ccnc4[nH]nc(NC5CCCN(C(=O)C6(C)CCN(C)CC6)C5)c34)cc2)c1. The Hall–Kier alpha value is -4.51. The second-order valence-electron chi connectivity index (χ2n) is 12.0. The van der Waals surface area contributed by atoms with Gasteiger partial charge in [-0.1, -0.05) is 6.92 Å². The number of benzene rings is 1. The number of ether oxygens (including phenoxy) is 1. The summed E-state index contributed by atoms with van der Waals surface area (Å²) in [6.45, 7) is 7.39. The highest BCUT2D eigenvalue weighted by molar-refractivity contribution is 6.03. The molecule has 0 bridgehead atoms. The number of piperidine rings is 2. The van der Waals surface area contributed by atoms with Crippen molar-refractivity contribution in [2.75, 3.05) is 43.9 Å². The number of nitrogens with one attached hydrogen (secondary N) is 3. The van der Waals surface area contributed by atoms with E-state index in [-0.39, 0.29) is 23.3 Å². The van der Waals surface area contributed by atoms with Gasteiger partial charge >= 0.3 is 0 Å². The fourth-order valence-electron chi connectivity index (χ4n) is 5.89.